The summed E-state index contributed by atoms with van der Waals surface area (Å²) in [5.41, 5.74) is 0.925. The first-order valence-electron chi connectivity index (χ1n) is 6.96. The number of esters is 1. The van der Waals surface area contributed by atoms with Gasteiger partial charge in [0.25, 0.3) is 5.91 Å². The number of benzene rings is 2. The van der Waals surface area contributed by atoms with E-state index in [-0.39, 0.29) is 5.75 Å². The molecule has 1 amide bonds. The Labute approximate surface area is 146 Å². The van der Waals surface area contributed by atoms with Gasteiger partial charge in [0.05, 0.1) is 5.56 Å². The number of anilines is 1. The highest BCUT2D eigenvalue weighted by Crippen LogP contribution is 2.15. The first kappa shape index (κ1) is 17.7. The van der Waals surface area contributed by atoms with Gasteiger partial charge in [0.1, 0.15) is 5.75 Å². The molecule has 0 fully saturated rings. The normalized spacial score (nSPS) is 9.88. The lowest BCUT2D eigenvalue weighted by atomic mass is 10.2. The smallest absolute Gasteiger partial charge is 0.344 e. The Morgan fingerprint density at radius 3 is 2.46 bits per heavy atom. The molecule has 0 unspecified atom stereocenters. The molecule has 2 aromatic rings. The second-order valence-electron chi connectivity index (χ2n) is 4.66. The molecule has 0 saturated carbocycles. The minimum atomic E-state index is -0.707. The van der Waals surface area contributed by atoms with Gasteiger partial charge < -0.3 is 14.8 Å². The SMILES string of the molecule is O=Cc1ccccc1OCC(=O)OCC(=O)Nc1ccc(Br)cc1. The fourth-order valence-electron chi connectivity index (χ4n) is 1.76. The summed E-state index contributed by atoms with van der Waals surface area (Å²) in [6.07, 6.45) is 0.631. The first-order chi connectivity index (χ1) is 11.6. The molecule has 0 spiro atoms. The van der Waals surface area contributed by atoms with Crippen molar-refractivity contribution in [1.82, 2.24) is 0 Å². The van der Waals surface area contributed by atoms with Crippen LogP contribution in [-0.4, -0.2) is 31.4 Å². The maximum Gasteiger partial charge on any atom is 0.344 e. The number of rotatable bonds is 7. The molecule has 124 valence electrons. The molecular weight excluding hydrogens is 378 g/mol. The molecule has 0 heterocycles. The van der Waals surface area contributed by atoms with Crippen LogP contribution in [0.1, 0.15) is 10.4 Å². The van der Waals surface area contributed by atoms with E-state index in [0.29, 0.717) is 17.5 Å². The van der Waals surface area contributed by atoms with Crippen LogP contribution in [0, 0.1) is 0 Å². The molecule has 1 N–H and O–H groups in total. The van der Waals surface area contributed by atoms with Crippen LogP contribution in [-0.2, 0) is 14.3 Å². The van der Waals surface area contributed by atoms with E-state index in [1.54, 1.807) is 48.5 Å². The number of hydrogen-bond acceptors (Lipinski definition) is 5. The number of carbonyl (C=O) groups is 3. The maximum atomic E-state index is 11.7. The standard InChI is InChI=1S/C17H14BrNO5/c18-13-5-7-14(8-6-13)19-16(21)10-24-17(22)11-23-15-4-2-1-3-12(15)9-20/h1-9H,10-11H2,(H,19,21). The van der Waals surface area contributed by atoms with E-state index < -0.39 is 25.1 Å². The molecule has 0 saturated heterocycles. The summed E-state index contributed by atoms with van der Waals surface area (Å²) in [5, 5.41) is 2.59. The highest BCUT2D eigenvalue weighted by Gasteiger charge is 2.10. The highest BCUT2D eigenvalue weighted by atomic mass is 79.9. The summed E-state index contributed by atoms with van der Waals surface area (Å²) in [5.74, 6) is -0.885. The van der Waals surface area contributed by atoms with Gasteiger partial charge in [-0.25, -0.2) is 4.79 Å². The molecular formula is C17H14BrNO5. The number of hydrogen-bond donors (Lipinski definition) is 1. The zero-order valence-corrected chi connectivity index (χ0v) is 14.1. The third kappa shape index (κ3) is 5.51. The van der Waals surface area contributed by atoms with E-state index in [0.717, 1.165) is 4.47 Å². The Morgan fingerprint density at radius 2 is 1.75 bits per heavy atom. The van der Waals surface area contributed by atoms with Gasteiger partial charge in [0, 0.05) is 10.2 Å². The van der Waals surface area contributed by atoms with Gasteiger partial charge in [0.15, 0.2) is 19.5 Å². The Morgan fingerprint density at radius 1 is 1.04 bits per heavy atom. The third-order valence-electron chi connectivity index (χ3n) is 2.88. The quantitative estimate of drug-likeness (QED) is 0.579. The molecule has 2 aromatic carbocycles. The van der Waals surface area contributed by atoms with Gasteiger partial charge in [-0.05, 0) is 36.4 Å². The molecule has 24 heavy (non-hydrogen) atoms. The zero-order valence-electron chi connectivity index (χ0n) is 12.5. The monoisotopic (exact) mass is 391 g/mol. The largest absolute Gasteiger partial charge is 0.481 e. The number of ether oxygens (including phenoxy) is 2. The van der Waals surface area contributed by atoms with Crippen LogP contribution in [0.2, 0.25) is 0 Å². The number of aldehydes is 1. The molecule has 0 radical (unpaired) electrons. The van der Waals surface area contributed by atoms with Gasteiger partial charge in [0.2, 0.25) is 0 Å². The lowest BCUT2D eigenvalue weighted by Crippen LogP contribution is -2.23. The number of nitrogens with one attached hydrogen (secondary N) is 1. The lowest BCUT2D eigenvalue weighted by molar-refractivity contribution is -0.149. The van der Waals surface area contributed by atoms with Crippen LogP contribution in [0.4, 0.5) is 5.69 Å². The average molecular weight is 392 g/mol. The van der Waals surface area contributed by atoms with Gasteiger partial charge in [-0.2, -0.15) is 0 Å². The van der Waals surface area contributed by atoms with Crippen molar-refractivity contribution in [2.75, 3.05) is 18.5 Å². The molecule has 0 aliphatic carbocycles. The third-order valence-corrected chi connectivity index (χ3v) is 3.41. The fraction of sp³-hybridized carbons (Fsp3) is 0.118. The van der Waals surface area contributed by atoms with Crippen LogP contribution in [0.25, 0.3) is 0 Å². The van der Waals surface area contributed by atoms with Crippen molar-refractivity contribution < 1.29 is 23.9 Å². The Kier molecular flexibility index (Phi) is 6.51. The van der Waals surface area contributed by atoms with E-state index in [1.807, 2.05) is 0 Å². The summed E-state index contributed by atoms with van der Waals surface area (Å²) >= 11 is 3.29. The molecule has 0 bridgehead atoms. The van der Waals surface area contributed by atoms with Crippen LogP contribution < -0.4 is 10.1 Å². The molecule has 7 heteroatoms. The van der Waals surface area contributed by atoms with Crippen molar-refractivity contribution in [3.63, 3.8) is 0 Å². The second-order valence-corrected chi connectivity index (χ2v) is 5.58. The zero-order chi connectivity index (χ0) is 17.4. The van der Waals surface area contributed by atoms with Crippen molar-refractivity contribution in [2.24, 2.45) is 0 Å². The summed E-state index contributed by atoms with van der Waals surface area (Å²) in [7, 11) is 0. The van der Waals surface area contributed by atoms with E-state index in [4.69, 9.17) is 9.47 Å². The number of amides is 1. The summed E-state index contributed by atoms with van der Waals surface area (Å²) in [6.45, 7) is -0.815. The van der Waals surface area contributed by atoms with Crippen LogP contribution >= 0.6 is 15.9 Å². The van der Waals surface area contributed by atoms with Crippen molar-refractivity contribution >= 4 is 39.8 Å². The van der Waals surface area contributed by atoms with Crippen molar-refractivity contribution in [3.05, 3.63) is 58.6 Å². The Hall–Kier alpha value is -2.67. The predicted molar refractivity (Wildman–Crippen MR) is 91.1 cm³/mol. The number of carbonyl (C=O) groups excluding carboxylic acids is 3. The molecule has 0 aromatic heterocycles. The Balaban J connectivity index is 1.75. The van der Waals surface area contributed by atoms with Crippen LogP contribution in [0.5, 0.6) is 5.75 Å². The molecule has 6 nitrogen and oxygen atoms in total. The first-order valence-corrected chi connectivity index (χ1v) is 7.76. The minimum Gasteiger partial charge on any atom is -0.481 e. The Bertz CT molecular complexity index is 730. The molecule has 0 aliphatic heterocycles. The van der Waals surface area contributed by atoms with Crippen LogP contribution in [0.15, 0.2) is 53.0 Å². The van der Waals surface area contributed by atoms with Gasteiger partial charge in [-0.1, -0.05) is 28.1 Å². The van der Waals surface area contributed by atoms with E-state index in [9.17, 15) is 14.4 Å². The fourth-order valence-corrected chi connectivity index (χ4v) is 2.03. The lowest BCUT2D eigenvalue weighted by Gasteiger charge is -2.09. The maximum absolute atomic E-state index is 11.7. The second kappa shape index (κ2) is 8.83. The van der Waals surface area contributed by atoms with E-state index in [1.165, 1.54) is 0 Å². The topological polar surface area (TPSA) is 81.7 Å². The van der Waals surface area contributed by atoms with Crippen LogP contribution in [0.3, 0.4) is 0 Å². The predicted octanol–water partition coefficient (Wildman–Crippen LogP) is 2.82. The van der Waals surface area contributed by atoms with Crippen molar-refractivity contribution in [3.8, 4) is 5.75 Å². The van der Waals surface area contributed by atoms with Gasteiger partial charge >= 0.3 is 5.97 Å². The average Bonchev–Trinajstić information content (AvgIpc) is 2.60. The summed E-state index contributed by atoms with van der Waals surface area (Å²) in [4.78, 5) is 34.1. The summed E-state index contributed by atoms with van der Waals surface area (Å²) < 4.78 is 10.9. The minimum absolute atomic E-state index is 0.281. The highest BCUT2D eigenvalue weighted by molar-refractivity contribution is 9.10. The number of para-hydroxylation sites is 1. The van der Waals surface area contributed by atoms with Crippen molar-refractivity contribution in [2.45, 2.75) is 0 Å². The molecule has 0 atom stereocenters. The van der Waals surface area contributed by atoms with Crippen molar-refractivity contribution in [1.29, 1.82) is 0 Å². The van der Waals surface area contributed by atoms with Gasteiger partial charge in [-0.15, -0.1) is 0 Å². The summed E-state index contributed by atoms with van der Waals surface area (Å²) in [6, 6.07) is 13.5. The molecule has 0 aliphatic rings. The van der Waals surface area contributed by atoms with E-state index in [2.05, 4.69) is 21.2 Å². The number of halogens is 1. The van der Waals surface area contributed by atoms with Gasteiger partial charge in [-0.3, -0.25) is 9.59 Å². The molecule has 2 rings (SSSR count). The van der Waals surface area contributed by atoms with E-state index >= 15 is 0 Å².